The standard InChI is InChI=1S/C17H26N4O3S/c1-11(2)9-14(17(22)19-10-12(3)18-4)20-16-13-7-5-6-8-15(13)25(23,24)21-16/h5-8,11-12,14,18H,9-10H2,1-4H3,(H,19,22)(H,20,21). The molecule has 2 atom stereocenters. The summed E-state index contributed by atoms with van der Waals surface area (Å²) >= 11 is 0. The van der Waals surface area contributed by atoms with Crippen LogP contribution in [0.2, 0.25) is 0 Å². The maximum Gasteiger partial charge on any atom is 0.263 e. The van der Waals surface area contributed by atoms with Crippen molar-refractivity contribution in [3.05, 3.63) is 29.8 Å². The molecule has 1 aromatic carbocycles. The summed E-state index contributed by atoms with van der Waals surface area (Å²) in [5, 5.41) is 5.93. The fourth-order valence-corrected chi connectivity index (χ4v) is 3.76. The molecule has 2 unspecified atom stereocenters. The van der Waals surface area contributed by atoms with Gasteiger partial charge in [0, 0.05) is 18.2 Å². The molecule has 1 aliphatic heterocycles. The van der Waals surface area contributed by atoms with Crippen molar-refractivity contribution in [1.82, 2.24) is 15.4 Å². The summed E-state index contributed by atoms with van der Waals surface area (Å²) in [6.07, 6.45) is 0.535. The first-order valence-corrected chi connectivity index (χ1v) is 9.88. The van der Waals surface area contributed by atoms with Crippen molar-refractivity contribution in [1.29, 1.82) is 0 Å². The number of likely N-dealkylation sites (N-methyl/N-ethyl adjacent to an activating group) is 1. The molecule has 1 heterocycles. The van der Waals surface area contributed by atoms with E-state index in [2.05, 4.69) is 20.3 Å². The number of fused-ring (bicyclic) bond motifs is 1. The average Bonchev–Trinajstić information content (AvgIpc) is 2.82. The van der Waals surface area contributed by atoms with E-state index < -0.39 is 16.1 Å². The third-order valence-corrected chi connectivity index (χ3v) is 5.42. The van der Waals surface area contributed by atoms with Gasteiger partial charge in [-0.2, -0.15) is 0 Å². The molecular weight excluding hydrogens is 340 g/mol. The second-order valence-corrected chi connectivity index (χ2v) is 8.31. The second-order valence-electron chi connectivity index (χ2n) is 6.66. The summed E-state index contributed by atoms with van der Waals surface area (Å²) in [5.41, 5.74) is 0.507. The van der Waals surface area contributed by atoms with Crippen LogP contribution >= 0.6 is 0 Å². The third kappa shape index (κ3) is 4.79. The van der Waals surface area contributed by atoms with Gasteiger partial charge in [0.2, 0.25) is 5.91 Å². The Kier molecular flexibility index (Phi) is 6.18. The van der Waals surface area contributed by atoms with E-state index in [1.165, 1.54) is 6.07 Å². The zero-order valence-corrected chi connectivity index (χ0v) is 15.9. The van der Waals surface area contributed by atoms with Gasteiger partial charge in [0.15, 0.2) is 0 Å². The number of rotatable bonds is 7. The number of nitrogens with one attached hydrogen (secondary N) is 3. The van der Waals surface area contributed by atoms with Gasteiger partial charge < -0.3 is 10.6 Å². The van der Waals surface area contributed by atoms with Crippen molar-refractivity contribution < 1.29 is 13.2 Å². The maximum atomic E-state index is 12.5. The zero-order valence-electron chi connectivity index (χ0n) is 15.0. The van der Waals surface area contributed by atoms with Crippen LogP contribution in [0.25, 0.3) is 0 Å². The Balaban J connectivity index is 2.28. The van der Waals surface area contributed by atoms with Crippen LogP contribution in [-0.2, 0) is 14.8 Å². The van der Waals surface area contributed by atoms with E-state index in [1.807, 2.05) is 27.8 Å². The third-order valence-electron chi connectivity index (χ3n) is 4.02. The molecule has 0 saturated carbocycles. The number of hydrogen-bond donors (Lipinski definition) is 3. The quantitative estimate of drug-likeness (QED) is 0.666. The maximum absolute atomic E-state index is 12.5. The van der Waals surface area contributed by atoms with E-state index >= 15 is 0 Å². The van der Waals surface area contributed by atoms with Gasteiger partial charge in [-0.1, -0.05) is 26.0 Å². The molecule has 0 saturated heterocycles. The molecule has 0 aromatic heterocycles. The first kappa shape index (κ1) is 19.4. The zero-order chi connectivity index (χ0) is 18.6. The highest BCUT2D eigenvalue weighted by Gasteiger charge is 2.32. The van der Waals surface area contributed by atoms with Crippen molar-refractivity contribution in [3.63, 3.8) is 0 Å². The van der Waals surface area contributed by atoms with Crippen LogP contribution in [-0.4, -0.2) is 45.8 Å². The van der Waals surface area contributed by atoms with Gasteiger partial charge in [-0.15, -0.1) is 0 Å². The molecule has 0 radical (unpaired) electrons. The van der Waals surface area contributed by atoms with E-state index in [1.54, 1.807) is 18.2 Å². The molecule has 2 rings (SSSR count). The lowest BCUT2D eigenvalue weighted by Crippen LogP contribution is -2.42. The molecule has 1 aromatic rings. The Morgan fingerprint density at radius 3 is 2.56 bits per heavy atom. The summed E-state index contributed by atoms with van der Waals surface area (Å²) in [6.45, 7) is 6.45. The van der Waals surface area contributed by atoms with Gasteiger partial charge in [0.25, 0.3) is 10.0 Å². The Hall–Kier alpha value is -1.93. The predicted octanol–water partition coefficient (Wildman–Crippen LogP) is 0.864. The lowest BCUT2D eigenvalue weighted by Gasteiger charge is -2.18. The monoisotopic (exact) mass is 366 g/mol. The Morgan fingerprint density at radius 2 is 1.92 bits per heavy atom. The van der Waals surface area contributed by atoms with E-state index in [-0.39, 0.29) is 28.6 Å². The largest absolute Gasteiger partial charge is 0.353 e. The van der Waals surface area contributed by atoms with Crippen molar-refractivity contribution in [2.75, 3.05) is 13.6 Å². The average molecular weight is 366 g/mol. The fourth-order valence-electron chi connectivity index (χ4n) is 2.52. The highest BCUT2D eigenvalue weighted by atomic mass is 32.2. The topological polar surface area (TPSA) is 99.7 Å². The molecule has 0 aliphatic carbocycles. The van der Waals surface area contributed by atoms with Crippen LogP contribution in [0.3, 0.4) is 0 Å². The minimum atomic E-state index is -3.61. The lowest BCUT2D eigenvalue weighted by atomic mass is 10.0. The van der Waals surface area contributed by atoms with Gasteiger partial charge in [0.05, 0.1) is 4.90 Å². The number of benzene rings is 1. The van der Waals surface area contributed by atoms with E-state index in [0.29, 0.717) is 18.5 Å². The van der Waals surface area contributed by atoms with Gasteiger partial charge in [0.1, 0.15) is 11.9 Å². The Bertz CT molecular complexity index is 759. The molecule has 25 heavy (non-hydrogen) atoms. The minimum Gasteiger partial charge on any atom is -0.353 e. The smallest absolute Gasteiger partial charge is 0.263 e. The fraction of sp³-hybridized carbons (Fsp3) is 0.529. The summed E-state index contributed by atoms with van der Waals surface area (Å²) in [4.78, 5) is 17.2. The molecule has 0 fully saturated rings. The van der Waals surface area contributed by atoms with Crippen molar-refractivity contribution in [2.24, 2.45) is 10.9 Å². The van der Waals surface area contributed by atoms with Crippen molar-refractivity contribution in [3.8, 4) is 0 Å². The molecular formula is C17H26N4O3S. The summed E-state index contributed by atoms with van der Waals surface area (Å²) in [5.74, 6) is 0.278. The molecule has 3 N–H and O–H groups in total. The predicted molar refractivity (Wildman–Crippen MR) is 98.1 cm³/mol. The molecule has 1 aliphatic rings. The molecule has 138 valence electrons. The summed E-state index contributed by atoms with van der Waals surface area (Å²) in [7, 11) is -1.78. The number of amides is 1. The van der Waals surface area contributed by atoms with Crippen LogP contribution in [0.15, 0.2) is 34.2 Å². The van der Waals surface area contributed by atoms with Gasteiger partial charge in [-0.3, -0.25) is 14.5 Å². The Labute approximate surface area is 149 Å². The van der Waals surface area contributed by atoms with Gasteiger partial charge in [-0.25, -0.2) is 8.42 Å². The summed E-state index contributed by atoms with van der Waals surface area (Å²) < 4.78 is 26.8. The van der Waals surface area contributed by atoms with Crippen molar-refractivity contribution >= 4 is 21.8 Å². The SMILES string of the molecule is CNC(C)CNC(=O)C(CC(C)C)N=C1NS(=O)(=O)c2ccccc21. The van der Waals surface area contributed by atoms with Crippen LogP contribution in [0.5, 0.6) is 0 Å². The first-order chi connectivity index (χ1) is 11.7. The number of hydrogen-bond acceptors (Lipinski definition) is 5. The van der Waals surface area contributed by atoms with Gasteiger partial charge in [-0.05, 0) is 38.4 Å². The molecule has 0 spiro atoms. The van der Waals surface area contributed by atoms with E-state index in [0.717, 1.165) is 0 Å². The Morgan fingerprint density at radius 1 is 1.24 bits per heavy atom. The molecule has 8 heteroatoms. The van der Waals surface area contributed by atoms with E-state index in [9.17, 15) is 13.2 Å². The highest BCUT2D eigenvalue weighted by Crippen LogP contribution is 2.23. The number of nitrogens with zero attached hydrogens (tertiary/aromatic N) is 1. The number of carbonyl (C=O) groups is 1. The number of carbonyl (C=O) groups excluding carboxylic acids is 1. The number of amidine groups is 1. The summed E-state index contributed by atoms with van der Waals surface area (Å²) in [6, 6.07) is 6.14. The first-order valence-electron chi connectivity index (χ1n) is 8.39. The lowest BCUT2D eigenvalue weighted by molar-refractivity contribution is -0.122. The number of sulfonamides is 1. The van der Waals surface area contributed by atoms with E-state index in [4.69, 9.17) is 0 Å². The van der Waals surface area contributed by atoms with Crippen LogP contribution in [0, 0.1) is 5.92 Å². The van der Waals surface area contributed by atoms with Crippen LogP contribution < -0.4 is 15.4 Å². The normalized spacial score (nSPS) is 19.3. The molecule has 1 amide bonds. The molecule has 0 bridgehead atoms. The highest BCUT2D eigenvalue weighted by molar-refractivity contribution is 7.90. The van der Waals surface area contributed by atoms with Crippen LogP contribution in [0.4, 0.5) is 0 Å². The van der Waals surface area contributed by atoms with Crippen LogP contribution in [0.1, 0.15) is 32.8 Å². The molecule has 7 nitrogen and oxygen atoms in total. The minimum absolute atomic E-state index is 0.141. The second kappa shape index (κ2) is 7.97. The van der Waals surface area contributed by atoms with Crippen molar-refractivity contribution in [2.45, 2.75) is 44.2 Å². The number of aliphatic imine (C=N–C) groups is 1. The van der Waals surface area contributed by atoms with Gasteiger partial charge >= 0.3 is 0 Å².